The third-order valence-corrected chi connectivity index (χ3v) is 4.75. The maximum Gasteiger partial charge on any atom is 0.417 e. The molecular formula is C20H29F3IN7O. The molecule has 0 amide bonds. The molecule has 2 aromatic heterocycles. The lowest BCUT2D eigenvalue weighted by Crippen LogP contribution is -2.47. The van der Waals surface area contributed by atoms with Crippen LogP contribution in [0.3, 0.4) is 0 Å². The van der Waals surface area contributed by atoms with Gasteiger partial charge in [0.1, 0.15) is 12.4 Å². The quantitative estimate of drug-likeness (QED) is 0.231. The fourth-order valence-corrected chi connectivity index (χ4v) is 3.14. The van der Waals surface area contributed by atoms with E-state index in [2.05, 4.69) is 44.5 Å². The van der Waals surface area contributed by atoms with Gasteiger partial charge < -0.3 is 15.4 Å². The largest absolute Gasteiger partial charge is 0.476 e. The van der Waals surface area contributed by atoms with Gasteiger partial charge in [0.2, 0.25) is 5.88 Å². The fourth-order valence-electron chi connectivity index (χ4n) is 3.14. The maximum atomic E-state index is 12.6. The number of guanidine groups is 1. The molecule has 2 aromatic rings. The zero-order valence-electron chi connectivity index (χ0n) is 18.3. The number of hydrogen-bond acceptors (Lipinski definition) is 5. The third-order valence-electron chi connectivity index (χ3n) is 4.75. The van der Waals surface area contributed by atoms with Crippen molar-refractivity contribution >= 4 is 29.9 Å². The molecule has 8 nitrogen and oxygen atoms in total. The van der Waals surface area contributed by atoms with Crippen LogP contribution in [0.15, 0.2) is 23.3 Å². The number of aromatic nitrogens is 4. The lowest BCUT2D eigenvalue weighted by Gasteiger charge is -2.25. The molecule has 32 heavy (non-hydrogen) atoms. The number of rotatable bonds is 7. The first-order chi connectivity index (χ1) is 14.8. The van der Waals surface area contributed by atoms with E-state index in [1.165, 1.54) is 6.07 Å². The van der Waals surface area contributed by atoms with Crippen molar-refractivity contribution in [3.8, 4) is 5.88 Å². The second kappa shape index (κ2) is 11.7. The molecule has 0 aromatic carbocycles. The van der Waals surface area contributed by atoms with Gasteiger partial charge >= 0.3 is 6.18 Å². The summed E-state index contributed by atoms with van der Waals surface area (Å²) in [5.74, 6) is 2.96. The van der Waals surface area contributed by atoms with Crippen molar-refractivity contribution in [2.45, 2.75) is 58.3 Å². The molecular weight excluding hydrogens is 538 g/mol. The molecule has 0 aliphatic carbocycles. The van der Waals surface area contributed by atoms with E-state index in [1.54, 1.807) is 0 Å². The van der Waals surface area contributed by atoms with Crippen molar-refractivity contribution in [1.82, 2.24) is 30.4 Å². The topological polar surface area (TPSA) is 89.2 Å². The Bertz CT molecular complexity index is 884. The van der Waals surface area contributed by atoms with E-state index in [4.69, 9.17) is 4.74 Å². The molecule has 178 valence electrons. The van der Waals surface area contributed by atoms with Crippen LogP contribution in [-0.2, 0) is 19.1 Å². The van der Waals surface area contributed by atoms with E-state index in [1.807, 2.05) is 11.6 Å². The zero-order valence-corrected chi connectivity index (χ0v) is 20.6. The number of halogens is 4. The summed E-state index contributed by atoms with van der Waals surface area (Å²) in [5, 5.41) is 11.2. The van der Waals surface area contributed by atoms with Gasteiger partial charge in [0.05, 0.1) is 18.7 Å². The van der Waals surface area contributed by atoms with Crippen LogP contribution in [-0.4, -0.2) is 51.4 Å². The highest BCUT2D eigenvalue weighted by molar-refractivity contribution is 14.0. The maximum absolute atomic E-state index is 12.6. The lowest BCUT2D eigenvalue weighted by molar-refractivity contribution is -0.137. The molecule has 0 fully saturated rings. The third kappa shape index (κ3) is 7.20. The summed E-state index contributed by atoms with van der Waals surface area (Å²) in [6.07, 6.45) is -1.88. The van der Waals surface area contributed by atoms with Gasteiger partial charge in [-0.15, -0.1) is 24.0 Å². The van der Waals surface area contributed by atoms with Crippen LogP contribution < -0.4 is 15.4 Å². The Morgan fingerprint density at radius 2 is 2.12 bits per heavy atom. The van der Waals surface area contributed by atoms with Gasteiger partial charge in [0, 0.05) is 37.2 Å². The molecule has 0 spiro atoms. The van der Waals surface area contributed by atoms with Crippen LogP contribution in [0.2, 0.25) is 0 Å². The summed E-state index contributed by atoms with van der Waals surface area (Å²) in [6, 6.07) is 2.33. The monoisotopic (exact) mass is 567 g/mol. The smallest absolute Gasteiger partial charge is 0.417 e. The number of aryl methyl sites for hydroxylation is 1. The van der Waals surface area contributed by atoms with Crippen molar-refractivity contribution < 1.29 is 17.9 Å². The van der Waals surface area contributed by atoms with Crippen molar-refractivity contribution in [1.29, 1.82) is 0 Å². The second-order valence-electron chi connectivity index (χ2n) is 7.59. The molecule has 2 N–H and O–H groups in total. The highest BCUT2D eigenvalue weighted by Crippen LogP contribution is 2.29. The summed E-state index contributed by atoms with van der Waals surface area (Å²) in [5.41, 5.74) is -0.806. The van der Waals surface area contributed by atoms with Gasteiger partial charge in [0.25, 0.3) is 0 Å². The molecule has 12 heteroatoms. The van der Waals surface area contributed by atoms with Gasteiger partial charge in [0.15, 0.2) is 11.8 Å². The highest BCUT2D eigenvalue weighted by Gasteiger charge is 2.30. The molecule has 0 saturated heterocycles. The van der Waals surface area contributed by atoms with E-state index in [0.29, 0.717) is 31.5 Å². The number of ether oxygens (including phenoxy) is 1. The average molecular weight is 567 g/mol. The SMILES string of the molecule is CCNC(=NCCOc1ccc(C(F)(F)F)cn1)NC1CCc2nc(C(C)C)nn2C1.I. The van der Waals surface area contributed by atoms with Crippen molar-refractivity contribution in [3.63, 3.8) is 0 Å². The molecule has 0 saturated carbocycles. The summed E-state index contributed by atoms with van der Waals surface area (Å²) >= 11 is 0. The molecule has 1 aliphatic rings. The van der Waals surface area contributed by atoms with E-state index in [9.17, 15) is 13.2 Å². The molecule has 1 atom stereocenters. The van der Waals surface area contributed by atoms with Crippen molar-refractivity contribution in [3.05, 3.63) is 35.5 Å². The van der Waals surface area contributed by atoms with Gasteiger partial charge in [-0.2, -0.15) is 18.3 Å². The minimum Gasteiger partial charge on any atom is -0.476 e. The van der Waals surface area contributed by atoms with Gasteiger partial charge in [-0.05, 0) is 19.4 Å². The second-order valence-corrected chi connectivity index (χ2v) is 7.59. The number of nitrogens with one attached hydrogen (secondary N) is 2. The predicted molar refractivity (Wildman–Crippen MR) is 125 cm³/mol. The number of aliphatic imine (C=N–C) groups is 1. The minimum absolute atomic E-state index is 0. The van der Waals surface area contributed by atoms with E-state index in [0.717, 1.165) is 36.8 Å². The number of hydrogen-bond donors (Lipinski definition) is 2. The predicted octanol–water partition coefficient (Wildman–Crippen LogP) is 3.38. The molecule has 0 bridgehead atoms. The molecule has 3 heterocycles. The van der Waals surface area contributed by atoms with Crippen LogP contribution in [0.4, 0.5) is 13.2 Å². The fraction of sp³-hybridized carbons (Fsp3) is 0.600. The van der Waals surface area contributed by atoms with Crippen LogP contribution >= 0.6 is 24.0 Å². The molecule has 1 unspecified atom stereocenters. The Labute approximate surface area is 202 Å². The van der Waals surface area contributed by atoms with Gasteiger partial charge in [-0.1, -0.05) is 13.8 Å². The normalized spacial score (nSPS) is 16.3. The van der Waals surface area contributed by atoms with Gasteiger partial charge in [-0.25, -0.2) is 19.6 Å². The molecule has 1 aliphatic heterocycles. The summed E-state index contributed by atoms with van der Waals surface area (Å²) < 4.78 is 45.1. The first kappa shape index (κ1) is 26.1. The number of fused-ring (bicyclic) bond motifs is 1. The zero-order chi connectivity index (χ0) is 22.4. The first-order valence-corrected chi connectivity index (χ1v) is 10.4. The summed E-state index contributed by atoms with van der Waals surface area (Å²) in [4.78, 5) is 12.8. The van der Waals surface area contributed by atoms with Crippen molar-refractivity contribution in [2.75, 3.05) is 19.7 Å². The van der Waals surface area contributed by atoms with Crippen LogP contribution in [0.5, 0.6) is 5.88 Å². The Morgan fingerprint density at radius 3 is 2.75 bits per heavy atom. The Morgan fingerprint density at radius 1 is 1.34 bits per heavy atom. The molecule has 3 rings (SSSR count). The molecule has 0 radical (unpaired) electrons. The van der Waals surface area contributed by atoms with E-state index in [-0.39, 0.29) is 42.5 Å². The lowest BCUT2D eigenvalue weighted by atomic mass is 10.1. The van der Waals surface area contributed by atoms with E-state index >= 15 is 0 Å². The first-order valence-electron chi connectivity index (χ1n) is 10.4. The van der Waals surface area contributed by atoms with Gasteiger partial charge in [-0.3, -0.25) is 0 Å². The standard InChI is InChI=1S/C20H28F3N7O.HI/c1-4-24-19(25-9-10-31-17-8-5-14(11-26-17)20(21,22)23)27-15-6-7-16-28-18(13(2)3)29-30(16)12-15;/h5,8,11,13,15H,4,6-7,9-10,12H2,1-3H3,(H2,24,25,27);1H. The van der Waals surface area contributed by atoms with Crippen LogP contribution in [0.25, 0.3) is 0 Å². The Hall–Kier alpha value is -2.12. The van der Waals surface area contributed by atoms with Crippen LogP contribution in [0, 0.1) is 0 Å². The highest BCUT2D eigenvalue weighted by atomic mass is 127. The van der Waals surface area contributed by atoms with E-state index < -0.39 is 11.7 Å². The summed E-state index contributed by atoms with van der Waals surface area (Å²) in [6.45, 7) is 8.08. The average Bonchev–Trinajstić information content (AvgIpc) is 3.15. The number of alkyl halides is 3. The Kier molecular flexibility index (Phi) is 9.52. The Balaban J connectivity index is 0.00000363. The van der Waals surface area contributed by atoms with Crippen LogP contribution in [0.1, 0.15) is 50.3 Å². The minimum atomic E-state index is -4.41. The van der Waals surface area contributed by atoms with Crippen molar-refractivity contribution in [2.24, 2.45) is 4.99 Å². The number of nitrogens with zero attached hydrogens (tertiary/aromatic N) is 5. The number of pyridine rings is 1. The summed E-state index contributed by atoms with van der Waals surface area (Å²) in [7, 11) is 0.